The van der Waals surface area contributed by atoms with Crippen LogP contribution in [0.2, 0.25) is 0 Å². The lowest BCUT2D eigenvalue weighted by atomic mass is 10.0. The Morgan fingerprint density at radius 2 is 1.78 bits per heavy atom. The van der Waals surface area contributed by atoms with Gasteiger partial charge in [0.2, 0.25) is 0 Å². The summed E-state index contributed by atoms with van der Waals surface area (Å²) in [4.78, 5) is 28.7. The minimum absolute atomic E-state index is 0.0204. The molecule has 8 heteroatoms. The Balaban J connectivity index is 1.73. The van der Waals surface area contributed by atoms with Gasteiger partial charge in [-0.3, -0.25) is 19.8 Å². The number of hydrogen-bond donors (Lipinski definition) is 2. The molecule has 3 rings (SSSR count). The maximum atomic E-state index is 12.6. The Morgan fingerprint density at radius 1 is 1.13 bits per heavy atom. The van der Waals surface area contributed by atoms with Gasteiger partial charge in [-0.05, 0) is 6.42 Å². The van der Waals surface area contributed by atoms with Gasteiger partial charge in [0.25, 0.3) is 11.8 Å². The molecule has 0 bridgehead atoms. The van der Waals surface area contributed by atoms with Crippen molar-refractivity contribution in [2.75, 3.05) is 19.6 Å². The number of aromatic amines is 2. The summed E-state index contributed by atoms with van der Waals surface area (Å²) in [5, 5.41) is 13.0. The van der Waals surface area contributed by atoms with Crippen LogP contribution in [0.15, 0.2) is 24.8 Å². The molecule has 2 amide bonds. The fraction of sp³-hybridized carbons (Fsp3) is 0.467. The van der Waals surface area contributed by atoms with E-state index >= 15 is 0 Å². The fourth-order valence-corrected chi connectivity index (χ4v) is 2.97. The monoisotopic (exact) mass is 316 g/mol. The van der Waals surface area contributed by atoms with Gasteiger partial charge in [0.1, 0.15) is 0 Å². The number of carbonyl (C=O) groups is 2. The number of aromatic nitrogens is 4. The van der Waals surface area contributed by atoms with E-state index in [2.05, 4.69) is 27.3 Å². The van der Waals surface area contributed by atoms with Gasteiger partial charge in [0, 0.05) is 38.1 Å². The molecule has 0 saturated carbocycles. The molecule has 8 nitrogen and oxygen atoms in total. The number of amides is 2. The van der Waals surface area contributed by atoms with E-state index < -0.39 is 0 Å². The maximum Gasteiger partial charge on any atom is 0.257 e. The van der Waals surface area contributed by atoms with Gasteiger partial charge in [-0.2, -0.15) is 10.2 Å². The quantitative estimate of drug-likeness (QED) is 0.875. The predicted octanol–water partition coefficient (Wildman–Crippen LogP) is 0.900. The number of carbonyl (C=O) groups excluding carboxylic acids is 2. The second-order valence-electron chi connectivity index (χ2n) is 5.67. The van der Waals surface area contributed by atoms with Gasteiger partial charge in [0.05, 0.1) is 23.5 Å². The zero-order valence-electron chi connectivity index (χ0n) is 13.0. The van der Waals surface area contributed by atoms with Gasteiger partial charge < -0.3 is 9.80 Å². The molecular formula is C15H20N6O2. The lowest BCUT2D eigenvalue weighted by molar-refractivity contribution is 0.0371. The van der Waals surface area contributed by atoms with Crippen LogP contribution in [0.4, 0.5) is 0 Å². The van der Waals surface area contributed by atoms with E-state index in [1.807, 2.05) is 4.90 Å². The van der Waals surface area contributed by atoms with Crippen molar-refractivity contribution in [2.24, 2.45) is 0 Å². The van der Waals surface area contributed by atoms with E-state index in [0.29, 0.717) is 30.8 Å². The third-order valence-electron chi connectivity index (χ3n) is 4.14. The zero-order chi connectivity index (χ0) is 16.2. The third kappa shape index (κ3) is 3.10. The van der Waals surface area contributed by atoms with E-state index in [-0.39, 0.29) is 17.9 Å². The number of rotatable bonds is 4. The summed E-state index contributed by atoms with van der Waals surface area (Å²) in [6.45, 7) is 3.67. The van der Waals surface area contributed by atoms with Gasteiger partial charge in [0.15, 0.2) is 0 Å². The molecule has 3 heterocycles. The Hall–Kier alpha value is -2.64. The highest BCUT2D eigenvalue weighted by atomic mass is 16.2. The summed E-state index contributed by atoms with van der Waals surface area (Å²) >= 11 is 0. The normalized spacial score (nSPS) is 18.2. The largest absolute Gasteiger partial charge is 0.335 e. The summed E-state index contributed by atoms with van der Waals surface area (Å²) in [5.74, 6) is -0.0807. The third-order valence-corrected chi connectivity index (χ3v) is 4.14. The summed E-state index contributed by atoms with van der Waals surface area (Å²) in [6, 6.07) is 0.0204. The first-order valence-corrected chi connectivity index (χ1v) is 7.78. The summed E-state index contributed by atoms with van der Waals surface area (Å²) in [6.07, 6.45) is 8.08. The average molecular weight is 316 g/mol. The van der Waals surface area contributed by atoms with Crippen LogP contribution in [0, 0.1) is 0 Å². The minimum atomic E-state index is -0.0461. The first-order valence-electron chi connectivity index (χ1n) is 7.78. The van der Waals surface area contributed by atoms with Crippen molar-refractivity contribution in [1.82, 2.24) is 30.2 Å². The molecule has 0 aromatic carbocycles. The number of H-pyrrole nitrogens is 2. The van der Waals surface area contributed by atoms with Gasteiger partial charge in [-0.25, -0.2) is 0 Å². The highest BCUT2D eigenvalue weighted by Gasteiger charge is 2.33. The Labute approximate surface area is 133 Å². The van der Waals surface area contributed by atoms with Crippen molar-refractivity contribution < 1.29 is 9.59 Å². The lowest BCUT2D eigenvalue weighted by Crippen LogP contribution is -2.56. The average Bonchev–Trinajstić information content (AvgIpc) is 3.27. The van der Waals surface area contributed by atoms with Crippen LogP contribution in [-0.2, 0) is 0 Å². The molecule has 1 atom stereocenters. The van der Waals surface area contributed by atoms with Crippen molar-refractivity contribution in [2.45, 2.75) is 25.8 Å². The van der Waals surface area contributed by atoms with Crippen LogP contribution in [0.3, 0.4) is 0 Å². The van der Waals surface area contributed by atoms with Gasteiger partial charge in [-0.1, -0.05) is 13.3 Å². The van der Waals surface area contributed by atoms with Gasteiger partial charge >= 0.3 is 0 Å². The van der Waals surface area contributed by atoms with Crippen LogP contribution >= 0.6 is 0 Å². The molecule has 2 aromatic heterocycles. The maximum absolute atomic E-state index is 12.6. The second kappa shape index (κ2) is 6.64. The smallest absolute Gasteiger partial charge is 0.257 e. The first kappa shape index (κ1) is 15.3. The first-order chi connectivity index (χ1) is 11.2. The van der Waals surface area contributed by atoms with E-state index in [0.717, 1.165) is 12.8 Å². The van der Waals surface area contributed by atoms with Crippen LogP contribution in [0.5, 0.6) is 0 Å². The molecule has 1 aliphatic heterocycles. The molecule has 0 aliphatic carbocycles. The molecular weight excluding hydrogens is 296 g/mol. The molecule has 2 N–H and O–H groups in total. The van der Waals surface area contributed by atoms with Gasteiger partial charge in [-0.15, -0.1) is 0 Å². The highest BCUT2D eigenvalue weighted by Crippen LogP contribution is 2.19. The van der Waals surface area contributed by atoms with E-state index in [4.69, 9.17) is 0 Å². The fourth-order valence-electron chi connectivity index (χ4n) is 2.97. The minimum Gasteiger partial charge on any atom is -0.335 e. The van der Waals surface area contributed by atoms with Crippen LogP contribution in [0.1, 0.15) is 40.5 Å². The topological polar surface area (TPSA) is 98.0 Å². The van der Waals surface area contributed by atoms with Crippen molar-refractivity contribution in [3.05, 3.63) is 35.9 Å². The Morgan fingerprint density at radius 3 is 2.35 bits per heavy atom. The lowest BCUT2D eigenvalue weighted by Gasteiger charge is -2.41. The Kier molecular flexibility index (Phi) is 4.40. The molecule has 0 spiro atoms. The second-order valence-corrected chi connectivity index (χ2v) is 5.67. The highest BCUT2D eigenvalue weighted by molar-refractivity contribution is 5.95. The molecule has 0 radical (unpaired) electrons. The standard InChI is InChI=1S/C15H20N6O2/c1-2-3-13-10-20(14(22)11-6-16-17-7-11)4-5-21(13)15(23)12-8-18-19-9-12/h6-9,13H,2-5,10H2,1H3,(H,16,17)(H,18,19)/t13-/m0/s1. The van der Waals surface area contributed by atoms with Crippen LogP contribution < -0.4 is 0 Å². The predicted molar refractivity (Wildman–Crippen MR) is 82.8 cm³/mol. The zero-order valence-corrected chi connectivity index (χ0v) is 13.0. The van der Waals surface area contributed by atoms with E-state index in [9.17, 15) is 9.59 Å². The summed E-state index contributed by atoms with van der Waals surface area (Å²) in [7, 11) is 0. The van der Waals surface area contributed by atoms with E-state index in [1.165, 1.54) is 12.4 Å². The number of hydrogen-bond acceptors (Lipinski definition) is 4. The molecule has 1 aliphatic rings. The van der Waals surface area contributed by atoms with Crippen molar-refractivity contribution in [3.63, 3.8) is 0 Å². The van der Waals surface area contributed by atoms with Crippen LogP contribution in [0.25, 0.3) is 0 Å². The van der Waals surface area contributed by atoms with Crippen molar-refractivity contribution in [1.29, 1.82) is 0 Å². The number of nitrogens with one attached hydrogen (secondary N) is 2. The molecule has 0 unspecified atom stereocenters. The van der Waals surface area contributed by atoms with Crippen molar-refractivity contribution >= 4 is 11.8 Å². The SMILES string of the molecule is CCC[C@H]1CN(C(=O)c2cn[nH]c2)CCN1C(=O)c1cn[nH]c1. The number of nitrogens with zero attached hydrogens (tertiary/aromatic N) is 4. The summed E-state index contributed by atoms with van der Waals surface area (Å²) < 4.78 is 0. The molecule has 122 valence electrons. The van der Waals surface area contributed by atoms with Crippen molar-refractivity contribution in [3.8, 4) is 0 Å². The van der Waals surface area contributed by atoms with E-state index in [1.54, 1.807) is 17.3 Å². The number of piperazine rings is 1. The Bertz CT molecular complexity index is 652. The molecule has 1 fully saturated rings. The molecule has 1 saturated heterocycles. The molecule has 2 aromatic rings. The van der Waals surface area contributed by atoms with Crippen LogP contribution in [-0.4, -0.2) is 67.7 Å². The summed E-state index contributed by atoms with van der Waals surface area (Å²) in [5.41, 5.74) is 1.11. The molecule has 23 heavy (non-hydrogen) atoms.